The minimum Gasteiger partial charge on any atom is -0.361 e. The van der Waals surface area contributed by atoms with Crippen LogP contribution in [0.25, 0.3) is 10.9 Å². The fourth-order valence-corrected chi connectivity index (χ4v) is 2.65. The second-order valence-corrected chi connectivity index (χ2v) is 5.35. The van der Waals surface area contributed by atoms with Crippen molar-refractivity contribution in [1.82, 2.24) is 10.3 Å². The lowest BCUT2D eigenvalue weighted by molar-refractivity contribution is 0.688. The fraction of sp³-hybridized carbons (Fsp3) is 0.176. The van der Waals surface area contributed by atoms with Crippen molar-refractivity contribution in [2.45, 2.75) is 13.0 Å². The number of nitrogens with one attached hydrogen (secondary N) is 2. The molecule has 3 aromatic rings. The van der Waals surface area contributed by atoms with Crippen LogP contribution in [0.5, 0.6) is 0 Å². The second-order valence-electron chi connectivity index (χ2n) is 4.92. The molecule has 0 aliphatic rings. The minimum absolute atomic E-state index is 0. The molecule has 0 fully saturated rings. The summed E-state index contributed by atoms with van der Waals surface area (Å²) in [5, 5.41) is 5.57. The van der Waals surface area contributed by atoms with Crippen LogP contribution in [-0.2, 0) is 13.0 Å². The molecule has 1 aromatic heterocycles. The number of benzene rings is 2. The van der Waals surface area contributed by atoms with Gasteiger partial charge in [-0.3, -0.25) is 0 Å². The van der Waals surface area contributed by atoms with Crippen LogP contribution in [-0.4, -0.2) is 11.5 Å². The molecule has 2 nitrogen and oxygen atoms in total. The third-order valence-electron chi connectivity index (χ3n) is 3.46. The summed E-state index contributed by atoms with van der Waals surface area (Å²) in [6.45, 7) is 1.80. The third kappa shape index (κ3) is 4.01. The zero-order chi connectivity index (χ0) is 13.8. The number of H-pyrrole nitrogens is 1. The van der Waals surface area contributed by atoms with Gasteiger partial charge in [0.2, 0.25) is 0 Å². The van der Waals surface area contributed by atoms with Crippen molar-refractivity contribution >= 4 is 34.9 Å². The summed E-state index contributed by atoms with van der Waals surface area (Å²) in [5.74, 6) is 0. The van der Waals surface area contributed by atoms with E-state index < -0.39 is 0 Å². The van der Waals surface area contributed by atoms with Gasteiger partial charge in [-0.15, -0.1) is 12.4 Å². The monoisotopic (exact) mass is 320 g/mol. The standard InChI is InChI=1S/C17H17ClN2.ClH/c18-15-5-3-4-13(10-15)11-19-9-8-14-12-20-17-7-2-1-6-16(14)17;/h1-7,10,12,19-20H,8-9,11H2;1H. The van der Waals surface area contributed by atoms with Crippen LogP contribution >= 0.6 is 24.0 Å². The molecule has 3 rings (SSSR count). The molecule has 0 aliphatic carbocycles. The number of halogens is 2. The van der Waals surface area contributed by atoms with E-state index in [-0.39, 0.29) is 12.4 Å². The van der Waals surface area contributed by atoms with E-state index in [1.165, 1.54) is 22.0 Å². The summed E-state index contributed by atoms with van der Waals surface area (Å²) in [6, 6.07) is 16.4. The highest BCUT2D eigenvalue weighted by molar-refractivity contribution is 6.30. The molecule has 2 aromatic carbocycles. The van der Waals surface area contributed by atoms with Crippen LogP contribution in [0, 0.1) is 0 Å². The molecule has 0 atom stereocenters. The summed E-state index contributed by atoms with van der Waals surface area (Å²) < 4.78 is 0. The lowest BCUT2D eigenvalue weighted by atomic mass is 10.1. The Balaban J connectivity index is 0.00000161. The first-order valence-electron chi connectivity index (χ1n) is 6.83. The molecule has 0 spiro atoms. The molecular weight excluding hydrogens is 303 g/mol. The number of hydrogen-bond donors (Lipinski definition) is 2. The number of aromatic amines is 1. The van der Waals surface area contributed by atoms with E-state index in [2.05, 4.69) is 46.8 Å². The fourth-order valence-electron chi connectivity index (χ4n) is 2.44. The maximum atomic E-state index is 5.97. The van der Waals surface area contributed by atoms with E-state index in [9.17, 15) is 0 Å². The Hall–Kier alpha value is -1.48. The van der Waals surface area contributed by atoms with Gasteiger partial charge in [-0.05, 0) is 42.3 Å². The highest BCUT2D eigenvalue weighted by Crippen LogP contribution is 2.17. The molecular formula is C17H18Cl2N2. The maximum Gasteiger partial charge on any atom is 0.0456 e. The van der Waals surface area contributed by atoms with E-state index in [4.69, 9.17) is 11.6 Å². The first kappa shape index (κ1) is 15.9. The number of rotatable bonds is 5. The largest absolute Gasteiger partial charge is 0.361 e. The van der Waals surface area contributed by atoms with E-state index in [1.54, 1.807) is 0 Å². The Morgan fingerprint density at radius 2 is 1.90 bits per heavy atom. The molecule has 4 heteroatoms. The first-order chi connectivity index (χ1) is 9.83. The number of fused-ring (bicyclic) bond motifs is 1. The predicted molar refractivity (Wildman–Crippen MR) is 92.4 cm³/mol. The smallest absolute Gasteiger partial charge is 0.0456 e. The lowest BCUT2D eigenvalue weighted by Gasteiger charge is -2.05. The molecule has 21 heavy (non-hydrogen) atoms. The van der Waals surface area contributed by atoms with Crippen molar-refractivity contribution in [1.29, 1.82) is 0 Å². The summed E-state index contributed by atoms with van der Waals surface area (Å²) in [5.41, 5.74) is 3.79. The molecule has 0 radical (unpaired) electrons. The summed E-state index contributed by atoms with van der Waals surface area (Å²) >= 11 is 5.97. The number of hydrogen-bond acceptors (Lipinski definition) is 1. The van der Waals surface area contributed by atoms with Crippen molar-refractivity contribution in [3.63, 3.8) is 0 Å². The summed E-state index contributed by atoms with van der Waals surface area (Å²) in [6.07, 6.45) is 3.12. The predicted octanol–water partition coefficient (Wildman–Crippen LogP) is 4.58. The van der Waals surface area contributed by atoms with Gasteiger partial charge >= 0.3 is 0 Å². The normalized spacial score (nSPS) is 10.5. The zero-order valence-corrected chi connectivity index (χ0v) is 13.2. The van der Waals surface area contributed by atoms with Gasteiger partial charge in [-0.2, -0.15) is 0 Å². The van der Waals surface area contributed by atoms with Gasteiger partial charge in [0, 0.05) is 28.7 Å². The van der Waals surface area contributed by atoms with Crippen LogP contribution in [0.4, 0.5) is 0 Å². The van der Waals surface area contributed by atoms with Crippen LogP contribution < -0.4 is 5.32 Å². The van der Waals surface area contributed by atoms with Crippen LogP contribution in [0.2, 0.25) is 5.02 Å². The van der Waals surface area contributed by atoms with E-state index in [0.717, 1.165) is 24.5 Å². The Labute approximate surface area is 135 Å². The molecule has 110 valence electrons. The Kier molecular flexibility index (Phi) is 5.68. The average Bonchev–Trinajstić information content (AvgIpc) is 2.87. The third-order valence-corrected chi connectivity index (χ3v) is 3.70. The van der Waals surface area contributed by atoms with Gasteiger partial charge in [-0.25, -0.2) is 0 Å². The zero-order valence-electron chi connectivity index (χ0n) is 11.6. The maximum absolute atomic E-state index is 5.97. The highest BCUT2D eigenvalue weighted by Gasteiger charge is 2.02. The molecule has 2 N–H and O–H groups in total. The minimum atomic E-state index is 0. The van der Waals surface area contributed by atoms with E-state index in [0.29, 0.717) is 0 Å². The van der Waals surface area contributed by atoms with Crippen LogP contribution in [0.15, 0.2) is 54.7 Å². The summed E-state index contributed by atoms with van der Waals surface area (Å²) in [4.78, 5) is 3.31. The highest BCUT2D eigenvalue weighted by atomic mass is 35.5. The van der Waals surface area contributed by atoms with Gasteiger partial charge in [0.25, 0.3) is 0 Å². The van der Waals surface area contributed by atoms with Crippen LogP contribution in [0.3, 0.4) is 0 Å². The van der Waals surface area contributed by atoms with Gasteiger partial charge in [-0.1, -0.05) is 41.9 Å². The van der Waals surface area contributed by atoms with E-state index in [1.807, 2.05) is 18.2 Å². The van der Waals surface area contributed by atoms with Crippen molar-refractivity contribution in [3.8, 4) is 0 Å². The molecule has 0 aliphatic heterocycles. The molecule has 0 saturated carbocycles. The SMILES string of the molecule is Cl.Clc1cccc(CNCCc2c[nH]c3ccccc23)c1. The quantitative estimate of drug-likeness (QED) is 0.662. The van der Waals surface area contributed by atoms with Gasteiger partial charge < -0.3 is 10.3 Å². The van der Waals surface area contributed by atoms with E-state index >= 15 is 0 Å². The van der Waals surface area contributed by atoms with Crippen molar-refractivity contribution in [2.24, 2.45) is 0 Å². The van der Waals surface area contributed by atoms with Crippen molar-refractivity contribution in [3.05, 3.63) is 70.9 Å². The average molecular weight is 321 g/mol. The van der Waals surface area contributed by atoms with Gasteiger partial charge in [0.1, 0.15) is 0 Å². The Morgan fingerprint density at radius 1 is 1.05 bits per heavy atom. The van der Waals surface area contributed by atoms with Crippen molar-refractivity contribution < 1.29 is 0 Å². The summed E-state index contributed by atoms with van der Waals surface area (Å²) in [7, 11) is 0. The molecule has 1 heterocycles. The number of para-hydroxylation sites is 1. The van der Waals surface area contributed by atoms with Gasteiger partial charge in [0.15, 0.2) is 0 Å². The van der Waals surface area contributed by atoms with Gasteiger partial charge in [0.05, 0.1) is 0 Å². The number of aromatic nitrogens is 1. The molecule has 0 saturated heterocycles. The first-order valence-corrected chi connectivity index (χ1v) is 7.21. The van der Waals surface area contributed by atoms with Crippen LogP contribution in [0.1, 0.15) is 11.1 Å². The second kappa shape index (κ2) is 7.51. The topological polar surface area (TPSA) is 27.8 Å². The Morgan fingerprint density at radius 3 is 2.76 bits per heavy atom. The Bertz CT molecular complexity index is 707. The van der Waals surface area contributed by atoms with Crippen molar-refractivity contribution in [2.75, 3.05) is 6.54 Å². The molecule has 0 bridgehead atoms. The molecule has 0 unspecified atom stereocenters. The molecule has 0 amide bonds. The lowest BCUT2D eigenvalue weighted by Crippen LogP contribution is -2.16.